The van der Waals surface area contributed by atoms with Gasteiger partial charge >= 0.3 is 6.18 Å². The van der Waals surface area contributed by atoms with Gasteiger partial charge in [0.15, 0.2) is 5.65 Å². The minimum Gasteiger partial charge on any atom is -0.322 e. The van der Waals surface area contributed by atoms with Crippen molar-refractivity contribution >= 4 is 17.2 Å². The third-order valence-electron chi connectivity index (χ3n) is 5.30. The maximum Gasteiger partial charge on any atom is 0.416 e. The minimum atomic E-state index is -4.52. The van der Waals surface area contributed by atoms with Crippen LogP contribution in [0.3, 0.4) is 0 Å². The van der Waals surface area contributed by atoms with Crippen molar-refractivity contribution in [1.29, 1.82) is 0 Å². The summed E-state index contributed by atoms with van der Waals surface area (Å²) in [6, 6.07) is 11.5. The summed E-state index contributed by atoms with van der Waals surface area (Å²) in [6.45, 7) is 1.92. The molecular formula is C23H17F3N6O. The molecule has 7 nitrogen and oxygen atoms in total. The Hall–Kier alpha value is -4.34. The number of nitrogens with one attached hydrogen (secondary N) is 2. The lowest BCUT2D eigenvalue weighted by Crippen LogP contribution is -2.14. The van der Waals surface area contributed by atoms with Crippen molar-refractivity contribution in [1.82, 2.24) is 24.4 Å². The van der Waals surface area contributed by atoms with Crippen molar-refractivity contribution in [2.45, 2.75) is 13.1 Å². The zero-order chi connectivity index (χ0) is 23.2. The van der Waals surface area contributed by atoms with E-state index in [0.717, 1.165) is 40.3 Å². The number of carbonyl (C=O) groups excluding carboxylic acids is 1. The molecule has 3 heterocycles. The Kier molecular flexibility index (Phi) is 4.77. The Bertz CT molecular complexity index is 1460. The van der Waals surface area contributed by atoms with Crippen LogP contribution >= 0.6 is 0 Å². The fraction of sp³-hybridized carbons (Fsp3) is 0.0870. The number of rotatable bonds is 4. The van der Waals surface area contributed by atoms with Gasteiger partial charge in [-0.2, -0.15) is 18.3 Å². The molecule has 0 radical (unpaired) electrons. The number of amides is 1. The third-order valence-corrected chi connectivity index (χ3v) is 5.30. The smallest absolute Gasteiger partial charge is 0.322 e. The first-order valence-electron chi connectivity index (χ1n) is 9.95. The molecule has 0 aliphatic heterocycles. The van der Waals surface area contributed by atoms with E-state index in [9.17, 15) is 18.0 Å². The second-order valence-corrected chi connectivity index (χ2v) is 7.49. The fourth-order valence-corrected chi connectivity index (χ4v) is 3.65. The summed E-state index contributed by atoms with van der Waals surface area (Å²) >= 11 is 0. The van der Waals surface area contributed by atoms with E-state index in [1.807, 2.05) is 34.5 Å². The van der Waals surface area contributed by atoms with Gasteiger partial charge in [-0.05, 0) is 42.8 Å². The van der Waals surface area contributed by atoms with Crippen LogP contribution in [0.2, 0.25) is 0 Å². The number of fused-ring (bicyclic) bond motifs is 1. The molecule has 166 valence electrons. The normalized spacial score (nSPS) is 11.8. The molecule has 0 aliphatic carbocycles. The molecule has 33 heavy (non-hydrogen) atoms. The summed E-state index contributed by atoms with van der Waals surface area (Å²) < 4.78 is 42.8. The molecule has 10 heteroatoms. The van der Waals surface area contributed by atoms with E-state index in [-0.39, 0.29) is 5.56 Å². The van der Waals surface area contributed by atoms with Crippen molar-refractivity contribution in [3.8, 4) is 16.9 Å². The number of alkyl halides is 3. The van der Waals surface area contributed by atoms with Crippen molar-refractivity contribution in [3.05, 3.63) is 90.0 Å². The molecule has 0 fully saturated rings. The maximum atomic E-state index is 13.0. The number of anilines is 1. The van der Waals surface area contributed by atoms with E-state index in [2.05, 4.69) is 20.5 Å². The van der Waals surface area contributed by atoms with Crippen LogP contribution in [0.1, 0.15) is 21.5 Å². The number of imidazole rings is 1. The summed E-state index contributed by atoms with van der Waals surface area (Å²) in [5.74, 6) is -0.629. The van der Waals surface area contributed by atoms with Crippen LogP contribution in [0.25, 0.3) is 22.6 Å². The van der Waals surface area contributed by atoms with Gasteiger partial charge in [-0.1, -0.05) is 12.1 Å². The van der Waals surface area contributed by atoms with E-state index in [0.29, 0.717) is 5.69 Å². The molecule has 5 rings (SSSR count). The third kappa shape index (κ3) is 3.75. The maximum absolute atomic E-state index is 13.0. The largest absolute Gasteiger partial charge is 0.416 e. The molecule has 0 saturated heterocycles. The molecule has 3 aromatic heterocycles. The minimum absolute atomic E-state index is 0.0767. The van der Waals surface area contributed by atoms with Gasteiger partial charge in [0.25, 0.3) is 5.91 Å². The SMILES string of the molecule is Cc1ccc(NC(=O)c2cccc(C(F)(F)F)c2)cc1-n1ccc2ncc(-c3cn[nH]c3)n21. The highest BCUT2D eigenvalue weighted by Crippen LogP contribution is 2.30. The van der Waals surface area contributed by atoms with Gasteiger partial charge in [0, 0.05) is 35.3 Å². The van der Waals surface area contributed by atoms with Gasteiger partial charge in [0.2, 0.25) is 0 Å². The highest BCUT2D eigenvalue weighted by Gasteiger charge is 2.30. The Morgan fingerprint density at radius 2 is 1.94 bits per heavy atom. The number of benzene rings is 2. The number of aryl methyl sites for hydroxylation is 1. The predicted octanol–water partition coefficient (Wildman–Crippen LogP) is 5.09. The molecule has 0 aliphatic rings. The number of hydrogen-bond acceptors (Lipinski definition) is 3. The monoisotopic (exact) mass is 450 g/mol. The number of aromatic amines is 1. The van der Waals surface area contributed by atoms with Gasteiger partial charge in [-0.15, -0.1) is 0 Å². The highest BCUT2D eigenvalue weighted by atomic mass is 19.4. The number of carbonyl (C=O) groups is 1. The van der Waals surface area contributed by atoms with Gasteiger partial charge in [0.05, 0.1) is 29.3 Å². The van der Waals surface area contributed by atoms with Crippen molar-refractivity contribution < 1.29 is 18.0 Å². The number of H-pyrrole nitrogens is 1. The summed E-state index contributed by atoms with van der Waals surface area (Å²) in [7, 11) is 0. The first-order valence-corrected chi connectivity index (χ1v) is 9.95. The highest BCUT2D eigenvalue weighted by molar-refractivity contribution is 6.04. The quantitative estimate of drug-likeness (QED) is 0.400. The summed E-state index contributed by atoms with van der Waals surface area (Å²) in [6.07, 6.45) is 2.53. The summed E-state index contributed by atoms with van der Waals surface area (Å²) in [5.41, 5.74) is 3.60. The van der Waals surface area contributed by atoms with Crippen LogP contribution in [-0.2, 0) is 6.18 Å². The van der Waals surface area contributed by atoms with Crippen molar-refractivity contribution in [3.63, 3.8) is 0 Å². The predicted molar refractivity (Wildman–Crippen MR) is 116 cm³/mol. The first-order chi connectivity index (χ1) is 15.8. The Morgan fingerprint density at radius 3 is 2.70 bits per heavy atom. The zero-order valence-corrected chi connectivity index (χ0v) is 17.3. The molecule has 2 N–H and O–H groups in total. The molecule has 1 amide bonds. The van der Waals surface area contributed by atoms with Crippen molar-refractivity contribution in [2.24, 2.45) is 0 Å². The lowest BCUT2D eigenvalue weighted by Gasteiger charge is -2.14. The standard InChI is InChI=1S/C23H17F3N6O/c1-14-5-6-18(30-22(33)15-3-2-4-17(9-15)23(24,25)26)10-19(14)31-8-7-21-27-13-20(32(21)31)16-11-28-29-12-16/h2-13H,1H3,(H,28,29)(H,30,33). The van der Waals surface area contributed by atoms with Crippen LogP contribution in [0.5, 0.6) is 0 Å². The van der Waals surface area contributed by atoms with E-state index < -0.39 is 17.6 Å². The fourth-order valence-electron chi connectivity index (χ4n) is 3.65. The van der Waals surface area contributed by atoms with Gasteiger partial charge in [-0.3, -0.25) is 14.6 Å². The number of nitrogens with zero attached hydrogens (tertiary/aromatic N) is 4. The molecule has 0 spiro atoms. The van der Waals surface area contributed by atoms with Crippen molar-refractivity contribution in [2.75, 3.05) is 5.32 Å². The van der Waals surface area contributed by atoms with E-state index in [1.54, 1.807) is 30.7 Å². The van der Waals surface area contributed by atoms with Gasteiger partial charge in [-0.25, -0.2) is 9.50 Å². The Balaban J connectivity index is 1.50. The topological polar surface area (TPSA) is 80.0 Å². The lowest BCUT2D eigenvalue weighted by molar-refractivity contribution is -0.137. The average molecular weight is 450 g/mol. The van der Waals surface area contributed by atoms with E-state index in [1.165, 1.54) is 12.1 Å². The molecule has 0 atom stereocenters. The van der Waals surface area contributed by atoms with E-state index >= 15 is 0 Å². The first kappa shape index (κ1) is 20.6. The molecule has 0 saturated carbocycles. The molecule has 2 aromatic carbocycles. The van der Waals surface area contributed by atoms with Crippen LogP contribution in [0, 0.1) is 6.92 Å². The molecule has 5 aromatic rings. The second-order valence-electron chi connectivity index (χ2n) is 7.49. The summed E-state index contributed by atoms with van der Waals surface area (Å²) in [4.78, 5) is 17.1. The van der Waals surface area contributed by atoms with Gasteiger partial charge in [0.1, 0.15) is 0 Å². The van der Waals surface area contributed by atoms with E-state index in [4.69, 9.17) is 0 Å². The average Bonchev–Trinajstić information content (AvgIpc) is 3.52. The molecule has 0 unspecified atom stereocenters. The number of hydrogen-bond donors (Lipinski definition) is 2. The summed E-state index contributed by atoms with van der Waals surface area (Å²) in [5, 5.41) is 9.47. The second kappa shape index (κ2) is 7.66. The molecular weight excluding hydrogens is 433 g/mol. The van der Waals surface area contributed by atoms with Gasteiger partial charge < -0.3 is 5.32 Å². The lowest BCUT2D eigenvalue weighted by atomic mass is 10.1. The number of aromatic nitrogens is 5. The molecule has 0 bridgehead atoms. The number of halogens is 3. The van der Waals surface area contributed by atoms with Crippen LogP contribution in [-0.4, -0.2) is 30.3 Å². The van der Waals surface area contributed by atoms with Crippen LogP contribution in [0.4, 0.5) is 18.9 Å². The van der Waals surface area contributed by atoms with Crippen LogP contribution in [0.15, 0.2) is 73.3 Å². The zero-order valence-electron chi connectivity index (χ0n) is 17.3. The Morgan fingerprint density at radius 1 is 1.09 bits per heavy atom. The Labute approximate surface area is 185 Å². The van der Waals surface area contributed by atoms with Crippen LogP contribution < -0.4 is 5.32 Å².